The largest absolute Gasteiger partial charge is 0.342 e. The molecular weight excluding hydrogens is 312 g/mol. The molecule has 3 fully saturated rings. The van der Waals surface area contributed by atoms with Gasteiger partial charge < -0.3 is 9.80 Å². The van der Waals surface area contributed by atoms with Crippen LogP contribution >= 0.6 is 0 Å². The zero-order valence-electron chi connectivity index (χ0n) is 15.7. The van der Waals surface area contributed by atoms with Gasteiger partial charge in [0.25, 0.3) is 0 Å². The Balaban J connectivity index is 1.22. The van der Waals surface area contributed by atoms with Crippen molar-refractivity contribution in [3.8, 4) is 0 Å². The van der Waals surface area contributed by atoms with Crippen LogP contribution in [0.3, 0.4) is 0 Å². The van der Waals surface area contributed by atoms with Crippen LogP contribution in [-0.2, 0) is 11.8 Å². The smallest absolute Gasteiger partial charge is 0.226 e. The average Bonchev–Trinajstić information content (AvgIpc) is 3.31. The Hall–Kier alpha value is -1.36. The van der Waals surface area contributed by atoms with Crippen LogP contribution in [0.25, 0.3) is 0 Å². The van der Waals surface area contributed by atoms with E-state index in [-0.39, 0.29) is 5.92 Å². The molecule has 4 rings (SSSR count). The first-order valence-corrected chi connectivity index (χ1v) is 10.1. The van der Waals surface area contributed by atoms with Gasteiger partial charge in [0, 0.05) is 38.8 Å². The summed E-state index contributed by atoms with van der Waals surface area (Å²) in [5, 5.41) is 4.24. The maximum atomic E-state index is 12.8. The molecular formula is C20H32N4O. The fourth-order valence-corrected chi connectivity index (χ4v) is 4.65. The SMILES string of the molecule is CC1CCN(CC2CCN(C(=O)[C@H]3C[C@@H]3c3cnn(C)c3)CC2)CC1. The van der Waals surface area contributed by atoms with Crippen LogP contribution in [0.5, 0.6) is 0 Å². The van der Waals surface area contributed by atoms with Crippen molar-refractivity contribution in [1.82, 2.24) is 19.6 Å². The third-order valence-electron chi connectivity index (χ3n) is 6.58. The Labute approximate surface area is 151 Å². The first kappa shape index (κ1) is 17.1. The Morgan fingerprint density at radius 2 is 1.88 bits per heavy atom. The van der Waals surface area contributed by atoms with Gasteiger partial charge in [0.1, 0.15) is 0 Å². The van der Waals surface area contributed by atoms with Gasteiger partial charge in [0.05, 0.1) is 6.20 Å². The maximum Gasteiger partial charge on any atom is 0.226 e. The number of rotatable bonds is 4. The third-order valence-corrected chi connectivity index (χ3v) is 6.58. The van der Waals surface area contributed by atoms with Gasteiger partial charge in [-0.1, -0.05) is 6.92 Å². The highest BCUT2D eigenvalue weighted by molar-refractivity contribution is 5.83. The second-order valence-electron chi connectivity index (χ2n) is 8.65. The van der Waals surface area contributed by atoms with Gasteiger partial charge in [-0.25, -0.2) is 0 Å². The summed E-state index contributed by atoms with van der Waals surface area (Å²) in [6.07, 6.45) is 10.1. The van der Waals surface area contributed by atoms with Gasteiger partial charge in [0.15, 0.2) is 0 Å². The topological polar surface area (TPSA) is 41.4 Å². The monoisotopic (exact) mass is 344 g/mol. The van der Waals surface area contributed by atoms with Crippen LogP contribution < -0.4 is 0 Å². The minimum absolute atomic E-state index is 0.212. The van der Waals surface area contributed by atoms with E-state index in [0.29, 0.717) is 11.8 Å². The van der Waals surface area contributed by atoms with E-state index in [1.165, 1.54) is 50.9 Å². The molecule has 138 valence electrons. The van der Waals surface area contributed by atoms with Crippen LogP contribution in [0.1, 0.15) is 50.5 Å². The predicted molar refractivity (Wildman–Crippen MR) is 98.2 cm³/mol. The molecule has 1 aliphatic carbocycles. The predicted octanol–water partition coefficient (Wildman–Crippen LogP) is 2.49. The number of carbonyl (C=O) groups is 1. The number of nitrogens with zero attached hydrogens (tertiary/aromatic N) is 4. The number of hydrogen-bond donors (Lipinski definition) is 0. The molecule has 3 aliphatic rings. The molecule has 25 heavy (non-hydrogen) atoms. The van der Waals surface area contributed by atoms with Gasteiger partial charge in [-0.05, 0) is 68.5 Å². The fourth-order valence-electron chi connectivity index (χ4n) is 4.65. The number of amides is 1. The van der Waals surface area contributed by atoms with Crippen LogP contribution in [0.15, 0.2) is 12.4 Å². The molecule has 1 aromatic heterocycles. The highest BCUT2D eigenvalue weighted by atomic mass is 16.2. The van der Waals surface area contributed by atoms with E-state index < -0.39 is 0 Å². The first-order chi connectivity index (χ1) is 12.1. The van der Waals surface area contributed by atoms with Gasteiger partial charge >= 0.3 is 0 Å². The molecule has 0 spiro atoms. The summed E-state index contributed by atoms with van der Waals surface area (Å²) in [6, 6.07) is 0. The van der Waals surface area contributed by atoms with Crippen LogP contribution in [0.4, 0.5) is 0 Å². The summed E-state index contributed by atoms with van der Waals surface area (Å²) >= 11 is 0. The number of aromatic nitrogens is 2. The summed E-state index contributed by atoms with van der Waals surface area (Å²) in [7, 11) is 1.94. The molecule has 2 atom stereocenters. The highest BCUT2D eigenvalue weighted by Crippen LogP contribution is 2.48. The lowest BCUT2D eigenvalue weighted by molar-refractivity contribution is -0.134. The molecule has 0 radical (unpaired) electrons. The number of carbonyl (C=O) groups excluding carboxylic acids is 1. The maximum absolute atomic E-state index is 12.8. The van der Waals surface area contributed by atoms with Crippen molar-refractivity contribution in [2.24, 2.45) is 24.8 Å². The zero-order valence-corrected chi connectivity index (χ0v) is 15.7. The minimum Gasteiger partial charge on any atom is -0.342 e. The second kappa shape index (κ2) is 7.10. The Morgan fingerprint density at radius 1 is 1.16 bits per heavy atom. The molecule has 2 saturated heterocycles. The van der Waals surface area contributed by atoms with Crippen molar-refractivity contribution in [3.05, 3.63) is 18.0 Å². The summed E-state index contributed by atoms with van der Waals surface area (Å²) < 4.78 is 1.84. The van der Waals surface area contributed by atoms with Crippen molar-refractivity contribution < 1.29 is 4.79 Å². The standard InChI is InChI=1S/C20H32N4O/c1-15-3-7-23(8-4-15)13-16-5-9-24(10-6-16)20(25)19-11-18(19)17-12-21-22(2)14-17/h12,14-16,18-19H,3-11,13H2,1-2H3/t18-,19+/m1/s1. The number of piperidine rings is 2. The highest BCUT2D eigenvalue weighted by Gasteiger charge is 2.46. The van der Waals surface area contributed by atoms with Crippen LogP contribution in [-0.4, -0.2) is 58.2 Å². The van der Waals surface area contributed by atoms with E-state index >= 15 is 0 Å². The van der Waals surface area contributed by atoms with Crippen molar-refractivity contribution in [1.29, 1.82) is 0 Å². The number of hydrogen-bond acceptors (Lipinski definition) is 3. The van der Waals surface area contributed by atoms with Gasteiger partial charge in [-0.3, -0.25) is 9.48 Å². The molecule has 0 unspecified atom stereocenters. The van der Waals surface area contributed by atoms with E-state index in [0.717, 1.165) is 31.3 Å². The number of likely N-dealkylation sites (tertiary alicyclic amines) is 2. The molecule has 0 bridgehead atoms. The fraction of sp³-hybridized carbons (Fsp3) is 0.800. The normalized spacial score (nSPS) is 29.1. The quantitative estimate of drug-likeness (QED) is 0.843. The van der Waals surface area contributed by atoms with Crippen molar-refractivity contribution in [2.75, 3.05) is 32.7 Å². The molecule has 5 heteroatoms. The first-order valence-electron chi connectivity index (χ1n) is 10.1. The van der Waals surface area contributed by atoms with Crippen LogP contribution in [0, 0.1) is 17.8 Å². The Bertz CT molecular complexity index is 597. The molecule has 1 saturated carbocycles. The molecule has 1 amide bonds. The minimum atomic E-state index is 0.212. The van der Waals surface area contributed by atoms with E-state index in [2.05, 4.69) is 28.0 Å². The second-order valence-corrected chi connectivity index (χ2v) is 8.65. The summed E-state index contributed by atoms with van der Waals surface area (Å²) in [5.41, 5.74) is 1.23. The van der Waals surface area contributed by atoms with Crippen LogP contribution in [0.2, 0.25) is 0 Å². The molecule has 1 aromatic rings. The van der Waals surface area contributed by atoms with Gasteiger partial charge in [0.2, 0.25) is 5.91 Å². The van der Waals surface area contributed by atoms with Crippen molar-refractivity contribution in [2.45, 2.75) is 44.9 Å². The molecule has 5 nitrogen and oxygen atoms in total. The summed E-state index contributed by atoms with van der Waals surface area (Å²) in [5.74, 6) is 2.70. The van der Waals surface area contributed by atoms with Crippen molar-refractivity contribution >= 4 is 5.91 Å². The van der Waals surface area contributed by atoms with E-state index in [9.17, 15) is 4.79 Å². The zero-order chi connectivity index (χ0) is 17.4. The lowest BCUT2D eigenvalue weighted by atomic mass is 9.93. The van der Waals surface area contributed by atoms with Gasteiger partial charge in [-0.15, -0.1) is 0 Å². The molecule has 3 heterocycles. The molecule has 0 aromatic carbocycles. The summed E-state index contributed by atoms with van der Waals surface area (Å²) in [4.78, 5) is 17.6. The van der Waals surface area contributed by atoms with E-state index in [4.69, 9.17) is 0 Å². The number of aryl methyl sites for hydroxylation is 1. The Morgan fingerprint density at radius 3 is 2.52 bits per heavy atom. The van der Waals surface area contributed by atoms with Gasteiger partial charge in [-0.2, -0.15) is 5.10 Å². The third kappa shape index (κ3) is 3.91. The van der Waals surface area contributed by atoms with E-state index in [1.807, 2.05) is 17.9 Å². The summed E-state index contributed by atoms with van der Waals surface area (Å²) in [6.45, 7) is 8.09. The lowest BCUT2D eigenvalue weighted by Crippen LogP contribution is -2.43. The van der Waals surface area contributed by atoms with Crippen molar-refractivity contribution in [3.63, 3.8) is 0 Å². The van der Waals surface area contributed by atoms with E-state index in [1.54, 1.807) is 0 Å². The molecule has 2 aliphatic heterocycles. The molecule has 0 N–H and O–H groups in total. The Kier molecular flexibility index (Phi) is 4.85. The average molecular weight is 345 g/mol. The lowest BCUT2D eigenvalue weighted by Gasteiger charge is -2.37.